The molecule has 0 heterocycles. The van der Waals surface area contributed by atoms with Crippen LogP contribution in [0.3, 0.4) is 0 Å². The van der Waals surface area contributed by atoms with E-state index in [0.717, 1.165) is 33.3 Å². The molecule has 0 spiro atoms. The van der Waals surface area contributed by atoms with Gasteiger partial charge in [-0.1, -0.05) is 6.07 Å². The van der Waals surface area contributed by atoms with Gasteiger partial charge in [-0.15, -0.1) is 0 Å². The molecular weight excluding hydrogens is 421 g/mol. The largest absolute Gasteiger partial charge is 0.324 e. The van der Waals surface area contributed by atoms with E-state index < -0.39 is 37.8 Å². The minimum atomic E-state index is -3.85. The van der Waals surface area contributed by atoms with Gasteiger partial charge in [-0.3, -0.25) is 13.4 Å². The minimum absolute atomic E-state index is 0.141. The molecule has 0 aliphatic rings. The quantitative estimate of drug-likeness (QED) is 0.705. The highest BCUT2D eigenvalue weighted by Crippen LogP contribution is 2.24. The van der Waals surface area contributed by atoms with Crippen molar-refractivity contribution in [3.8, 4) is 0 Å². The van der Waals surface area contributed by atoms with Crippen molar-refractivity contribution in [3.05, 3.63) is 54.3 Å². The number of nitrogens with zero attached hydrogens (tertiary/aromatic N) is 2. The number of anilines is 3. The first-order valence-corrected chi connectivity index (χ1v) is 12.1. The van der Waals surface area contributed by atoms with Crippen LogP contribution in [0, 0.1) is 5.82 Å². The van der Waals surface area contributed by atoms with Crippen LogP contribution in [0.2, 0.25) is 0 Å². The molecule has 2 aromatic rings. The van der Waals surface area contributed by atoms with Crippen LogP contribution in [0.4, 0.5) is 21.5 Å². The molecule has 0 radical (unpaired) electrons. The smallest absolute Gasteiger partial charge is 0.247 e. The van der Waals surface area contributed by atoms with Crippen molar-refractivity contribution in [3.63, 3.8) is 0 Å². The van der Waals surface area contributed by atoms with Crippen molar-refractivity contribution in [2.45, 2.75) is 13.0 Å². The molecule has 8 nitrogen and oxygen atoms in total. The van der Waals surface area contributed by atoms with E-state index in [1.807, 2.05) is 0 Å². The van der Waals surface area contributed by atoms with Crippen molar-refractivity contribution in [1.29, 1.82) is 0 Å². The summed E-state index contributed by atoms with van der Waals surface area (Å²) >= 11 is 0. The Hall–Kier alpha value is -2.66. The summed E-state index contributed by atoms with van der Waals surface area (Å²) in [6, 6.07) is 9.70. The van der Waals surface area contributed by atoms with Crippen LogP contribution in [-0.2, 0) is 24.8 Å². The van der Waals surface area contributed by atoms with Gasteiger partial charge in [-0.05, 0) is 49.4 Å². The molecule has 0 aromatic heterocycles. The molecule has 0 aliphatic heterocycles. The third-order valence-corrected chi connectivity index (χ3v) is 6.59. The number of halogens is 1. The second-order valence-electron chi connectivity index (χ2n) is 6.48. The van der Waals surface area contributed by atoms with Crippen LogP contribution in [0.1, 0.15) is 6.92 Å². The Balaban J connectivity index is 2.30. The summed E-state index contributed by atoms with van der Waals surface area (Å²) < 4.78 is 63.0. The predicted molar refractivity (Wildman–Crippen MR) is 112 cm³/mol. The maximum absolute atomic E-state index is 13.2. The van der Waals surface area contributed by atoms with Gasteiger partial charge in [0.1, 0.15) is 11.9 Å². The van der Waals surface area contributed by atoms with Crippen molar-refractivity contribution >= 4 is 43.0 Å². The lowest BCUT2D eigenvalue weighted by atomic mass is 10.2. The summed E-state index contributed by atoms with van der Waals surface area (Å²) in [7, 11) is -5.96. The molecule has 0 unspecified atom stereocenters. The van der Waals surface area contributed by atoms with Crippen molar-refractivity contribution in [2.75, 3.05) is 33.5 Å². The fourth-order valence-electron chi connectivity index (χ4n) is 2.61. The summed E-state index contributed by atoms with van der Waals surface area (Å²) in [5, 5.41) is 2.58. The zero-order valence-corrected chi connectivity index (χ0v) is 18.0. The molecule has 2 rings (SSSR count). The summed E-state index contributed by atoms with van der Waals surface area (Å²) in [6.45, 7) is 1.40. The highest BCUT2D eigenvalue weighted by molar-refractivity contribution is 7.92. The topological polar surface area (TPSA) is 104 Å². The highest BCUT2D eigenvalue weighted by atomic mass is 32.2. The van der Waals surface area contributed by atoms with Crippen LogP contribution in [0.15, 0.2) is 48.5 Å². The number of amides is 1. The van der Waals surface area contributed by atoms with E-state index in [2.05, 4.69) is 5.32 Å². The van der Waals surface area contributed by atoms with Gasteiger partial charge in [0, 0.05) is 12.7 Å². The SMILES string of the molecule is C[C@@H](C(=O)Nc1cccc(N(C)S(C)(=O)=O)c1)N(c1ccc(F)cc1)S(C)(=O)=O. The van der Waals surface area contributed by atoms with Gasteiger partial charge in [-0.2, -0.15) is 0 Å². The van der Waals surface area contributed by atoms with Gasteiger partial charge < -0.3 is 5.32 Å². The van der Waals surface area contributed by atoms with Crippen LogP contribution >= 0.6 is 0 Å². The van der Waals surface area contributed by atoms with Crippen molar-refractivity contribution in [1.82, 2.24) is 0 Å². The molecule has 29 heavy (non-hydrogen) atoms. The fraction of sp³-hybridized carbons (Fsp3) is 0.278. The first-order chi connectivity index (χ1) is 13.3. The average molecular weight is 444 g/mol. The number of rotatable bonds is 7. The normalized spacial score (nSPS) is 12.9. The Morgan fingerprint density at radius 1 is 0.966 bits per heavy atom. The van der Waals surface area contributed by atoms with E-state index in [-0.39, 0.29) is 5.69 Å². The van der Waals surface area contributed by atoms with E-state index in [9.17, 15) is 26.0 Å². The number of hydrogen-bond donors (Lipinski definition) is 1. The minimum Gasteiger partial charge on any atom is -0.324 e. The third kappa shape index (κ3) is 5.67. The van der Waals surface area contributed by atoms with Crippen LogP contribution in [-0.4, -0.2) is 48.3 Å². The zero-order chi connectivity index (χ0) is 22.0. The number of sulfonamides is 2. The molecule has 0 saturated heterocycles. The summed E-state index contributed by atoms with van der Waals surface area (Å²) in [5.41, 5.74) is 0.765. The molecule has 2 aromatic carbocycles. The van der Waals surface area contributed by atoms with E-state index in [0.29, 0.717) is 11.4 Å². The Kier molecular flexibility index (Phi) is 6.53. The number of carbonyl (C=O) groups excluding carboxylic acids is 1. The molecule has 0 saturated carbocycles. The molecule has 1 amide bonds. The van der Waals surface area contributed by atoms with Crippen LogP contribution < -0.4 is 13.9 Å². The Labute approximate surface area is 170 Å². The summed E-state index contributed by atoms with van der Waals surface area (Å²) in [5.74, 6) is -1.18. The Morgan fingerprint density at radius 2 is 1.55 bits per heavy atom. The van der Waals surface area contributed by atoms with Crippen molar-refractivity contribution in [2.24, 2.45) is 0 Å². The van der Waals surface area contributed by atoms with E-state index in [4.69, 9.17) is 0 Å². The Morgan fingerprint density at radius 3 is 2.07 bits per heavy atom. The molecule has 11 heteroatoms. The first-order valence-electron chi connectivity index (χ1n) is 8.40. The molecule has 1 N–H and O–H groups in total. The van der Waals surface area contributed by atoms with E-state index in [1.54, 1.807) is 18.2 Å². The number of nitrogens with one attached hydrogen (secondary N) is 1. The van der Waals surface area contributed by atoms with Gasteiger partial charge >= 0.3 is 0 Å². The summed E-state index contributed by atoms with van der Waals surface area (Å²) in [6.07, 6.45) is 1.99. The zero-order valence-electron chi connectivity index (χ0n) is 16.3. The van der Waals surface area contributed by atoms with Gasteiger partial charge in [0.2, 0.25) is 26.0 Å². The van der Waals surface area contributed by atoms with Gasteiger partial charge in [-0.25, -0.2) is 21.2 Å². The monoisotopic (exact) mass is 443 g/mol. The van der Waals surface area contributed by atoms with Gasteiger partial charge in [0.15, 0.2) is 0 Å². The average Bonchev–Trinajstić information content (AvgIpc) is 2.61. The fourth-order valence-corrected chi connectivity index (χ4v) is 4.29. The molecular formula is C18H22FN3O5S2. The third-order valence-electron chi connectivity index (χ3n) is 4.14. The predicted octanol–water partition coefficient (Wildman–Crippen LogP) is 2.01. The molecule has 0 aliphatic carbocycles. The lowest BCUT2D eigenvalue weighted by Gasteiger charge is -2.28. The van der Waals surface area contributed by atoms with Gasteiger partial charge in [0.05, 0.1) is 23.9 Å². The lowest BCUT2D eigenvalue weighted by molar-refractivity contribution is -0.116. The number of hydrogen-bond acceptors (Lipinski definition) is 5. The maximum atomic E-state index is 13.2. The maximum Gasteiger partial charge on any atom is 0.247 e. The number of carbonyl (C=O) groups is 1. The second-order valence-corrected chi connectivity index (χ2v) is 10.4. The highest BCUT2D eigenvalue weighted by Gasteiger charge is 2.29. The number of benzene rings is 2. The van der Waals surface area contributed by atoms with Crippen molar-refractivity contribution < 1.29 is 26.0 Å². The molecule has 1 atom stereocenters. The second kappa shape index (κ2) is 8.37. The lowest BCUT2D eigenvalue weighted by Crippen LogP contribution is -2.45. The van der Waals surface area contributed by atoms with Crippen LogP contribution in [0.25, 0.3) is 0 Å². The first kappa shape index (κ1) is 22.6. The molecule has 0 fully saturated rings. The van der Waals surface area contributed by atoms with Gasteiger partial charge in [0.25, 0.3) is 0 Å². The Bertz CT molecular complexity index is 1100. The standard InChI is InChI=1S/C18H22FN3O5S2/c1-13(22(29(4,26)27)16-10-8-14(19)9-11-16)18(23)20-15-6-5-7-17(12-15)21(2)28(3,24)25/h5-13H,1-4H3,(H,20,23)/t13-/m0/s1. The van der Waals surface area contributed by atoms with E-state index >= 15 is 0 Å². The van der Waals surface area contributed by atoms with Crippen LogP contribution in [0.5, 0.6) is 0 Å². The molecule has 158 valence electrons. The van der Waals surface area contributed by atoms with E-state index in [1.165, 1.54) is 32.2 Å². The molecule has 0 bridgehead atoms. The summed E-state index contributed by atoms with van der Waals surface area (Å²) in [4.78, 5) is 12.7.